The Morgan fingerprint density at radius 3 is 2.69 bits per heavy atom. The number of hydrogen-bond acceptors (Lipinski definition) is 3. The van der Waals surface area contributed by atoms with E-state index in [1.807, 2.05) is 6.07 Å². The number of carbonyl (C=O) groups is 1. The van der Waals surface area contributed by atoms with Crippen LogP contribution in [-0.2, 0) is 23.9 Å². The van der Waals surface area contributed by atoms with Crippen molar-refractivity contribution in [2.24, 2.45) is 0 Å². The van der Waals surface area contributed by atoms with E-state index in [0.29, 0.717) is 17.7 Å². The van der Waals surface area contributed by atoms with Gasteiger partial charge in [-0.25, -0.2) is 0 Å². The van der Waals surface area contributed by atoms with E-state index in [1.165, 1.54) is 16.8 Å². The van der Waals surface area contributed by atoms with Gasteiger partial charge in [0, 0.05) is 24.4 Å². The number of rotatable bonds is 5. The molecule has 4 rings (SSSR count). The molecule has 1 unspecified atom stereocenters. The van der Waals surface area contributed by atoms with Crippen LogP contribution in [0.2, 0.25) is 0 Å². The minimum atomic E-state index is -4.46. The van der Waals surface area contributed by atoms with E-state index in [1.54, 1.807) is 36.7 Å². The van der Waals surface area contributed by atoms with Gasteiger partial charge in [-0.05, 0) is 23.3 Å². The maximum Gasteiger partial charge on any atom is 0.417 e. The van der Waals surface area contributed by atoms with Gasteiger partial charge < -0.3 is 10.1 Å². The van der Waals surface area contributed by atoms with Crippen LogP contribution in [0.3, 0.4) is 0 Å². The van der Waals surface area contributed by atoms with Gasteiger partial charge in [0.2, 0.25) is 5.91 Å². The number of fused-ring (bicyclic) bond motifs is 1. The van der Waals surface area contributed by atoms with Gasteiger partial charge in [-0.15, -0.1) is 0 Å². The summed E-state index contributed by atoms with van der Waals surface area (Å²) in [6.07, 6.45) is -1.02. The van der Waals surface area contributed by atoms with Crippen molar-refractivity contribution in [3.05, 3.63) is 72.1 Å². The Hall–Kier alpha value is -3.29. The van der Waals surface area contributed by atoms with Crippen molar-refractivity contribution in [1.82, 2.24) is 15.1 Å². The molecule has 0 saturated carbocycles. The Bertz CT molecular complexity index is 1020. The highest BCUT2D eigenvalue weighted by Gasteiger charge is 2.35. The van der Waals surface area contributed by atoms with Gasteiger partial charge in [0.05, 0.1) is 12.1 Å². The van der Waals surface area contributed by atoms with E-state index in [2.05, 4.69) is 10.4 Å². The lowest BCUT2D eigenvalue weighted by Crippen LogP contribution is -2.36. The maximum atomic E-state index is 13.4. The first kappa shape index (κ1) is 19.0. The van der Waals surface area contributed by atoms with Crippen LogP contribution in [0.1, 0.15) is 11.1 Å². The van der Waals surface area contributed by atoms with Crippen LogP contribution < -0.4 is 10.1 Å². The number of nitrogens with one attached hydrogen (secondary N) is 1. The Morgan fingerprint density at radius 2 is 1.93 bits per heavy atom. The first-order valence-electron chi connectivity index (χ1n) is 9.11. The van der Waals surface area contributed by atoms with Crippen molar-refractivity contribution < 1.29 is 22.7 Å². The van der Waals surface area contributed by atoms with Crippen molar-refractivity contribution >= 4 is 5.91 Å². The molecular weight excluding hydrogens is 383 g/mol. The molecule has 1 aliphatic heterocycles. The fraction of sp³-hybridized carbons (Fsp3) is 0.238. The summed E-state index contributed by atoms with van der Waals surface area (Å²) in [4.78, 5) is 12.0. The van der Waals surface area contributed by atoms with Gasteiger partial charge in [0.1, 0.15) is 18.4 Å². The molecule has 0 radical (unpaired) electrons. The summed E-state index contributed by atoms with van der Waals surface area (Å²) in [7, 11) is 0. The summed E-state index contributed by atoms with van der Waals surface area (Å²) in [6.45, 7) is 0.353. The third-order valence-electron chi connectivity index (χ3n) is 4.74. The number of hydrogen-bond donors (Lipinski definition) is 1. The monoisotopic (exact) mass is 401 g/mol. The van der Waals surface area contributed by atoms with Crippen LogP contribution in [0.4, 0.5) is 13.2 Å². The van der Waals surface area contributed by atoms with E-state index in [4.69, 9.17) is 4.74 Å². The lowest BCUT2D eigenvalue weighted by molar-refractivity contribution is -0.137. The summed E-state index contributed by atoms with van der Waals surface area (Å²) >= 11 is 0. The standard InChI is InChI=1S/C21H18F3N3O2/c22-21(23,24)18-8-2-1-6-16(18)17-7-3-5-14-11-15(29-20(14)17)12-25-19(28)13-27-10-4-9-26-27/h1-10,15H,11-13H2,(H,25,28). The van der Waals surface area contributed by atoms with Gasteiger partial charge in [0.25, 0.3) is 0 Å². The molecule has 1 aliphatic rings. The second-order valence-electron chi connectivity index (χ2n) is 6.79. The summed E-state index contributed by atoms with van der Waals surface area (Å²) in [5.74, 6) is 0.228. The molecule has 29 heavy (non-hydrogen) atoms. The molecule has 0 aliphatic carbocycles. The number of carbonyl (C=O) groups excluding carboxylic acids is 1. The van der Waals surface area contributed by atoms with Crippen molar-refractivity contribution in [3.8, 4) is 16.9 Å². The fourth-order valence-corrected chi connectivity index (χ4v) is 3.45. The zero-order chi connectivity index (χ0) is 20.4. The van der Waals surface area contributed by atoms with E-state index in [-0.39, 0.29) is 30.7 Å². The van der Waals surface area contributed by atoms with Crippen LogP contribution in [0.15, 0.2) is 60.9 Å². The molecule has 0 fully saturated rings. The molecular formula is C21H18F3N3O2. The molecule has 1 aromatic heterocycles. The highest BCUT2D eigenvalue weighted by molar-refractivity contribution is 5.77. The molecule has 0 bridgehead atoms. The topological polar surface area (TPSA) is 56.2 Å². The molecule has 3 aromatic rings. The number of benzene rings is 2. The number of para-hydroxylation sites is 1. The number of halogens is 3. The maximum absolute atomic E-state index is 13.4. The highest BCUT2D eigenvalue weighted by atomic mass is 19.4. The van der Waals surface area contributed by atoms with Crippen molar-refractivity contribution in [2.45, 2.75) is 25.2 Å². The number of amides is 1. The molecule has 0 spiro atoms. The molecule has 2 heterocycles. The molecule has 1 atom stereocenters. The van der Waals surface area contributed by atoms with Gasteiger partial charge >= 0.3 is 6.18 Å². The van der Waals surface area contributed by atoms with Crippen LogP contribution >= 0.6 is 0 Å². The normalized spacial score (nSPS) is 15.6. The minimum absolute atomic E-state index is 0.0835. The number of nitrogens with zero attached hydrogens (tertiary/aromatic N) is 2. The molecule has 0 saturated heterocycles. The summed E-state index contributed by atoms with van der Waals surface area (Å²) in [5.41, 5.74) is 0.611. The average Bonchev–Trinajstić information content (AvgIpc) is 3.34. The quantitative estimate of drug-likeness (QED) is 0.710. The van der Waals surface area contributed by atoms with E-state index >= 15 is 0 Å². The zero-order valence-electron chi connectivity index (χ0n) is 15.3. The van der Waals surface area contributed by atoms with E-state index in [9.17, 15) is 18.0 Å². The van der Waals surface area contributed by atoms with Crippen molar-refractivity contribution in [2.75, 3.05) is 6.54 Å². The third-order valence-corrected chi connectivity index (χ3v) is 4.74. The Morgan fingerprint density at radius 1 is 1.14 bits per heavy atom. The van der Waals surface area contributed by atoms with Crippen molar-refractivity contribution in [1.29, 1.82) is 0 Å². The first-order chi connectivity index (χ1) is 13.9. The smallest absolute Gasteiger partial charge is 0.417 e. The lowest BCUT2D eigenvalue weighted by atomic mass is 9.96. The van der Waals surface area contributed by atoms with Crippen LogP contribution in [0.25, 0.3) is 11.1 Å². The largest absolute Gasteiger partial charge is 0.487 e. The summed E-state index contributed by atoms with van der Waals surface area (Å²) in [6, 6.07) is 12.4. The first-order valence-corrected chi connectivity index (χ1v) is 9.11. The third kappa shape index (κ3) is 4.11. The molecule has 1 amide bonds. The molecule has 1 N–H and O–H groups in total. The number of ether oxygens (including phenoxy) is 1. The van der Waals surface area contributed by atoms with Gasteiger partial charge in [-0.3, -0.25) is 9.48 Å². The molecule has 2 aromatic carbocycles. The molecule has 5 nitrogen and oxygen atoms in total. The predicted molar refractivity (Wildman–Crippen MR) is 100 cm³/mol. The number of alkyl halides is 3. The van der Waals surface area contributed by atoms with Gasteiger partial charge in [-0.2, -0.15) is 18.3 Å². The average molecular weight is 401 g/mol. The van der Waals surface area contributed by atoms with Crippen LogP contribution in [0, 0.1) is 0 Å². The second kappa shape index (κ2) is 7.62. The fourth-order valence-electron chi connectivity index (χ4n) is 3.45. The van der Waals surface area contributed by atoms with E-state index in [0.717, 1.165) is 11.6 Å². The Balaban J connectivity index is 1.50. The molecule has 150 valence electrons. The minimum Gasteiger partial charge on any atom is -0.487 e. The van der Waals surface area contributed by atoms with Gasteiger partial charge in [-0.1, -0.05) is 36.4 Å². The van der Waals surface area contributed by atoms with Crippen molar-refractivity contribution in [3.63, 3.8) is 0 Å². The summed E-state index contributed by atoms with van der Waals surface area (Å²) < 4.78 is 47.7. The van der Waals surface area contributed by atoms with Crippen LogP contribution in [-0.4, -0.2) is 28.3 Å². The highest BCUT2D eigenvalue weighted by Crippen LogP contribution is 2.43. The summed E-state index contributed by atoms with van der Waals surface area (Å²) in [5, 5.41) is 6.76. The van der Waals surface area contributed by atoms with Gasteiger partial charge in [0.15, 0.2) is 0 Å². The van der Waals surface area contributed by atoms with Crippen LogP contribution in [0.5, 0.6) is 5.75 Å². The molecule has 8 heteroatoms. The Labute approximate surface area is 165 Å². The lowest BCUT2D eigenvalue weighted by Gasteiger charge is -2.16. The SMILES string of the molecule is O=C(Cn1cccn1)NCC1Cc2cccc(-c3ccccc3C(F)(F)F)c2O1. The van der Waals surface area contributed by atoms with E-state index < -0.39 is 11.7 Å². The zero-order valence-corrected chi connectivity index (χ0v) is 15.3. The predicted octanol–water partition coefficient (Wildman–Crippen LogP) is 3.69. The Kier molecular flexibility index (Phi) is 5.00. The second-order valence-corrected chi connectivity index (χ2v) is 6.79. The number of aromatic nitrogens is 2.